The molecule has 0 unspecified atom stereocenters. The quantitative estimate of drug-likeness (QED) is 0.690. The van der Waals surface area contributed by atoms with Crippen molar-refractivity contribution in [2.45, 2.75) is 19.5 Å². The van der Waals surface area contributed by atoms with Gasteiger partial charge in [0.2, 0.25) is 0 Å². The molecule has 0 spiro atoms. The molecule has 0 aliphatic heterocycles. The number of nitrogens with zero attached hydrogens (tertiary/aromatic N) is 2. The minimum atomic E-state index is -4.40. The summed E-state index contributed by atoms with van der Waals surface area (Å²) in [5.41, 5.74) is -0.703. The Balaban J connectivity index is 3.20. The number of hydrogen-bond acceptors (Lipinski definition) is 2. The van der Waals surface area contributed by atoms with Gasteiger partial charge in [-0.15, -0.1) is 0 Å². The fraction of sp³-hybridized carbons (Fsp3) is 0.545. The van der Waals surface area contributed by atoms with Gasteiger partial charge in [-0.2, -0.15) is 13.2 Å². The van der Waals surface area contributed by atoms with Gasteiger partial charge in [0.05, 0.1) is 5.56 Å². The summed E-state index contributed by atoms with van der Waals surface area (Å²) in [6, 6.07) is 1.07. The van der Waals surface area contributed by atoms with Gasteiger partial charge in [0, 0.05) is 29.1 Å². The lowest BCUT2D eigenvalue weighted by Crippen LogP contribution is -2.29. The zero-order valence-corrected chi connectivity index (χ0v) is 12.9. The summed E-state index contributed by atoms with van der Waals surface area (Å²) in [6.07, 6.45) is -2.24. The van der Waals surface area contributed by atoms with E-state index in [4.69, 9.17) is 0 Å². The van der Waals surface area contributed by atoms with Crippen molar-refractivity contribution in [1.29, 1.82) is 0 Å². The topological polar surface area (TPSA) is 16.1 Å². The second-order valence-electron chi connectivity index (χ2n) is 3.70. The van der Waals surface area contributed by atoms with Crippen LogP contribution in [0.15, 0.2) is 16.7 Å². The van der Waals surface area contributed by atoms with E-state index in [0.29, 0.717) is 22.9 Å². The van der Waals surface area contributed by atoms with E-state index in [1.165, 1.54) is 6.20 Å². The molecule has 0 aliphatic rings. The minimum Gasteiger partial charge on any atom is -0.355 e. The molecule has 0 saturated heterocycles. The van der Waals surface area contributed by atoms with Crippen molar-refractivity contribution in [3.63, 3.8) is 0 Å². The van der Waals surface area contributed by atoms with E-state index >= 15 is 0 Å². The molecule has 102 valence electrons. The standard InChI is InChI=1S/C11H13Br2F3N2/c1-2-4-18(5-3-12)10-9(11(14,15)16)6-8(13)7-17-10/h6-7H,2-5H2,1H3. The van der Waals surface area contributed by atoms with E-state index < -0.39 is 11.7 Å². The van der Waals surface area contributed by atoms with E-state index in [1.807, 2.05) is 6.92 Å². The van der Waals surface area contributed by atoms with Crippen LogP contribution in [-0.2, 0) is 6.18 Å². The molecule has 1 aromatic heterocycles. The van der Waals surface area contributed by atoms with Gasteiger partial charge in [-0.25, -0.2) is 4.98 Å². The first-order chi connectivity index (χ1) is 8.40. The van der Waals surface area contributed by atoms with Crippen LogP contribution in [0.5, 0.6) is 0 Å². The SMILES string of the molecule is CCCN(CCBr)c1ncc(Br)cc1C(F)(F)F. The van der Waals surface area contributed by atoms with Gasteiger partial charge in [0.15, 0.2) is 0 Å². The van der Waals surface area contributed by atoms with Crippen molar-refractivity contribution in [3.05, 3.63) is 22.3 Å². The molecular formula is C11H13Br2F3N2. The fourth-order valence-electron chi connectivity index (χ4n) is 1.59. The zero-order valence-electron chi connectivity index (χ0n) is 9.77. The lowest BCUT2D eigenvalue weighted by molar-refractivity contribution is -0.137. The molecule has 0 amide bonds. The lowest BCUT2D eigenvalue weighted by atomic mass is 10.2. The summed E-state index contributed by atoms with van der Waals surface area (Å²) >= 11 is 6.27. The molecule has 0 aromatic carbocycles. The smallest absolute Gasteiger partial charge is 0.355 e. The Morgan fingerprint density at radius 2 is 2.00 bits per heavy atom. The van der Waals surface area contributed by atoms with Crippen LogP contribution in [0.3, 0.4) is 0 Å². The van der Waals surface area contributed by atoms with Gasteiger partial charge >= 0.3 is 6.18 Å². The van der Waals surface area contributed by atoms with Crippen LogP contribution in [0.1, 0.15) is 18.9 Å². The predicted octanol–water partition coefficient (Wildman–Crippen LogP) is 4.47. The molecule has 18 heavy (non-hydrogen) atoms. The molecule has 7 heteroatoms. The average molecular weight is 390 g/mol. The van der Waals surface area contributed by atoms with Crippen molar-refractivity contribution < 1.29 is 13.2 Å². The Kier molecular flexibility index (Phi) is 5.91. The van der Waals surface area contributed by atoms with Crippen LogP contribution in [0.25, 0.3) is 0 Å². The highest BCUT2D eigenvalue weighted by atomic mass is 79.9. The second-order valence-corrected chi connectivity index (χ2v) is 5.41. The highest BCUT2D eigenvalue weighted by Gasteiger charge is 2.36. The van der Waals surface area contributed by atoms with E-state index in [9.17, 15) is 13.2 Å². The van der Waals surface area contributed by atoms with Crippen LogP contribution >= 0.6 is 31.9 Å². The Morgan fingerprint density at radius 1 is 1.33 bits per heavy atom. The summed E-state index contributed by atoms with van der Waals surface area (Å²) in [5.74, 6) is -0.00741. The molecule has 0 bridgehead atoms. The van der Waals surface area contributed by atoms with E-state index in [1.54, 1.807) is 4.90 Å². The molecule has 0 saturated carbocycles. The zero-order chi connectivity index (χ0) is 13.8. The van der Waals surface area contributed by atoms with Gasteiger partial charge in [-0.1, -0.05) is 22.9 Å². The minimum absolute atomic E-state index is 0.00741. The second kappa shape index (κ2) is 6.75. The van der Waals surface area contributed by atoms with Crippen molar-refractivity contribution >= 4 is 37.7 Å². The molecule has 0 radical (unpaired) electrons. The molecule has 2 nitrogen and oxygen atoms in total. The van der Waals surface area contributed by atoms with Crippen LogP contribution in [0.2, 0.25) is 0 Å². The Labute approximate surface area is 121 Å². The third-order valence-electron chi connectivity index (χ3n) is 2.29. The van der Waals surface area contributed by atoms with E-state index in [0.717, 1.165) is 12.5 Å². The summed E-state index contributed by atoms with van der Waals surface area (Å²) in [6.45, 7) is 2.96. The number of halogens is 5. The van der Waals surface area contributed by atoms with E-state index in [2.05, 4.69) is 36.8 Å². The molecule has 0 fully saturated rings. The first-order valence-electron chi connectivity index (χ1n) is 5.43. The number of pyridine rings is 1. The lowest BCUT2D eigenvalue weighted by Gasteiger charge is -2.25. The summed E-state index contributed by atoms with van der Waals surface area (Å²) in [7, 11) is 0. The summed E-state index contributed by atoms with van der Waals surface area (Å²) < 4.78 is 39.2. The molecule has 1 heterocycles. The van der Waals surface area contributed by atoms with Gasteiger partial charge in [0.25, 0.3) is 0 Å². The van der Waals surface area contributed by atoms with Crippen molar-refractivity contribution in [1.82, 2.24) is 4.98 Å². The first kappa shape index (κ1) is 15.8. The molecule has 1 aromatic rings. The number of hydrogen-bond donors (Lipinski definition) is 0. The van der Waals surface area contributed by atoms with Gasteiger partial charge < -0.3 is 4.90 Å². The number of aromatic nitrogens is 1. The highest BCUT2D eigenvalue weighted by molar-refractivity contribution is 9.10. The van der Waals surface area contributed by atoms with Crippen LogP contribution < -0.4 is 4.90 Å². The summed E-state index contributed by atoms with van der Waals surface area (Å²) in [4.78, 5) is 5.56. The average Bonchev–Trinajstić information content (AvgIpc) is 2.27. The first-order valence-corrected chi connectivity index (χ1v) is 7.35. The Hall–Kier alpha value is -0.300. The maximum absolute atomic E-state index is 13.0. The number of anilines is 1. The van der Waals surface area contributed by atoms with Crippen LogP contribution in [-0.4, -0.2) is 23.4 Å². The summed E-state index contributed by atoms with van der Waals surface area (Å²) in [5, 5.41) is 0.599. The van der Waals surface area contributed by atoms with Crippen molar-refractivity contribution in [2.24, 2.45) is 0 Å². The fourth-order valence-corrected chi connectivity index (χ4v) is 2.35. The Bertz CT molecular complexity index is 390. The largest absolute Gasteiger partial charge is 0.419 e. The molecule has 0 N–H and O–H groups in total. The normalized spacial score (nSPS) is 11.7. The van der Waals surface area contributed by atoms with Crippen LogP contribution in [0, 0.1) is 0 Å². The van der Waals surface area contributed by atoms with Gasteiger partial charge in [-0.05, 0) is 28.4 Å². The number of rotatable bonds is 5. The van der Waals surface area contributed by atoms with Crippen molar-refractivity contribution in [3.8, 4) is 0 Å². The third-order valence-corrected chi connectivity index (χ3v) is 3.07. The predicted molar refractivity (Wildman–Crippen MR) is 73.2 cm³/mol. The van der Waals surface area contributed by atoms with Crippen molar-refractivity contribution in [2.75, 3.05) is 23.3 Å². The van der Waals surface area contributed by atoms with Gasteiger partial charge in [0.1, 0.15) is 5.82 Å². The molecule has 0 aliphatic carbocycles. The Morgan fingerprint density at radius 3 is 2.50 bits per heavy atom. The molecular weight excluding hydrogens is 377 g/mol. The monoisotopic (exact) mass is 388 g/mol. The maximum Gasteiger partial charge on any atom is 0.419 e. The van der Waals surface area contributed by atoms with E-state index in [-0.39, 0.29) is 5.82 Å². The molecule has 1 rings (SSSR count). The molecule has 0 atom stereocenters. The third kappa shape index (κ3) is 4.12. The van der Waals surface area contributed by atoms with Gasteiger partial charge in [-0.3, -0.25) is 0 Å². The maximum atomic E-state index is 13.0. The number of alkyl halides is 4. The highest BCUT2D eigenvalue weighted by Crippen LogP contribution is 2.36. The van der Waals surface area contributed by atoms with Crippen LogP contribution in [0.4, 0.5) is 19.0 Å².